The van der Waals surface area contributed by atoms with E-state index in [-0.39, 0.29) is 23.5 Å². The molecule has 4 rings (SSSR count). The molecule has 0 aliphatic rings. The highest BCUT2D eigenvalue weighted by atomic mass is 16.6. The van der Waals surface area contributed by atoms with E-state index < -0.39 is 10.8 Å². The minimum absolute atomic E-state index is 0.0579. The fourth-order valence-corrected chi connectivity index (χ4v) is 3.10. The molecule has 9 heteroatoms. The summed E-state index contributed by atoms with van der Waals surface area (Å²) in [5.41, 5.74) is 3.02. The summed E-state index contributed by atoms with van der Waals surface area (Å²) in [7, 11) is 0. The summed E-state index contributed by atoms with van der Waals surface area (Å²) in [5.74, 6) is 0.206. The number of aromatic hydroxyl groups is 1. The predicted molar refractivity (Wildman–Crippen MR) is 116 cm³/mol. The molecule has 0 saturated carbocycles. The maximum atomic E-state index is 12.4. The largest absolute Gasteiger partial charge is 0.508 e. The van der Waals surface area contributed by atoms with Crippen molar-refractivity contribution in [3.8, 4) is 28.7 Å². The van der Waals surface area contributed by atoms with Crippen molar-refractivity contribution in [3.63, 3.8) is 0 Å². The highest BCUT2D eigenvalue weighted by molar-refractivity contribution is 5.94. The van der Waals surface area contributed by atoms with Crippen molar-refractivity contribution in [2.45, 2.75) is 13.5 Å². The summed E-state index contributed by atoms with van der Waals surface area (Å²) in [6, 6.07) is 18.0. The number of aromatic nitrogens is 2. The van der Waals surface area contributed by atoms with Gasteiger partial charge in [0.05, 0.1) is 4.92 Å². The molecular weight excluding hydrogens is 412 g/mol. The van der Waals surface area contributed by atoms with Gasteiger partial charge >= 0.3 is 0 Å². The molecular formula is C23H18N4O5. The van der Waals surface area contributed by atoms with Crippen molar-refractivity contribution < 1.29 is 19.2 Å². The molecule has 1 aromatic heterocycles. The number of phenolic OH excluding ortho intramolecular Hbond substituents is 1. The molecule has 0 bridgehead atoms. The van der Waals surface area contributed by atoms with Gasteiger partial charge < -0.3 is 14.8 Å². The number of carbonyl (C=O) groups excluding carboxylic acids is 1. The Bertz CT molecular complexity index is 1300. The van der Waals surface area contributed by atoms with Crippen molar-refractivity contribution >= 4 is 11.6 Å². The Morgan fingerprint density at radius 1 is 1.03 bits per heavy atom. The molecule has 0 fully saturated rings. The Morgan fingerprint density at radius 2 is 1.75 bits per heavy atom. The number of non-ortho nitro benzene ring substituents is 1. The molecule has 1 amide bonds. The Morgan fingerprint density at radius 3 is 2.44 bits per heavy atom. The van der Waals surface area contributed by atoms with Gasteiger partial charge in [-0.1, -0.05) is 17.7 Å². The Labute approximate surface area is 182 Å². The highest BCUT2D eigenvalue weighted by Crippen LogP contribution is 2.25. The number of aryl methyl sites for hydroxylation is 1. The molecule has 0 spiro atoms. The van der Waals surface area contributed by atoms with Crippen molar-refractivity contribution in [2.24, 2.45) is 0 Å². The first-order valence-electron chi connectivity index (χ1n) is 9.66. The van der Waals surface area contributed by atoms with Crippen molar-refractivity contribution in [2.75, 3.05) is 0 Å². The summed E-state index contributed by atoms with van der Waals surface area (Å²) in [4.78, 5) is 22.8. The lowest BCUT2D eigenvalue weighted by molar-refractivity contribution is -0.384. The number of nitro groups is 1. The second-order valence-corrected chi connectivity index (χ2v) is 7.11. The summed E-state index contributed by atoms with van der Waals surface area (Å²) in [6.07, 6.45) is 0. The van der Waals surface area contributed by atoms with Crippen LogP contribution in [-0.2, 0) is 6.54 Å². The molecule has 1 heterocycles. The van der Waals surface area contributed by atoms with E-state index >= 15 is 0 Å². The SMILES string of the molecule is Cc1cccc(-c2nnc(-c3ccc(C(=O)NCc4cc([N+](=O)[O-])ccc4O)cc3)o2)c1. The van der Waals surface area contributed by atoms with Gasteiger partial charge in [0.2, 0.25) is 11.8 Å². The van der Waals surface area contributed by atoms with Crippen LogP contribution < -0.4 is 5.32 Å². The van der Waals surface area contributed by atoms with Crippen LogP contribution in [0.4, 0.5) is 5.69 Å². The average Bonchev–Trinajstić information content (AvgIpc) is 3.29. The molecule has 2 N–H and O–H groups in total. The van der Waals surface area contributed by atoms with Crippen LogP contribution in [0.3, 0.4) is 0 Å². The molecule has 4 aromatic rings. The third-order valence-corrected chi connectivity index (χ3v) is 4.80. The van der Waals surface area contributed by atoms with Crippen molar-refractivity contribution in [1.82, 2.24) is 15.5 Å². The zero-order valence-electron chi connectivity index (χ0n) is 17.0. The number of nitrogens with zero attached hydrogens (tertiary/aromatic N) is 3. The summed E-state index contributed by atoms with van der Waals surface area (Å²) >= 11 is 0. The maximum absolute atomic E-state index is 12.4. The van der Waals surface area contributed by atoms with Gasteiger partial charge in [-0.05, 0) is 49.4 Å². The van der Waals surface area contributed by atoms with Gasteiger partial charge in [0, 0.05) is 40.9 Å². The second-order valence-electron chi connectivity index (χ2n) is 7.11. The average molecular weight is 430 g/mol. The van der Waals surface area contributed by atoms with E-state index in [2.05, 4.69) is 15.5 Å². The standard InChI is InChI=1S/C23H18N4O5/c1-14-3-2-4-17(11-14)23-26-25-22(32-23)16-7-5-15(6-8-16)21(29)24-13-18-12-19(27(30)31)9-10-20(18)28/h2-12,28H,13H2,1H3,(H,24,29). The monoisotopic (exact) mass is 430 g/mol. The van der Waals surface area contributed by atoms with E-state index in [1.54, 1.807) is 24.3 Å². The topological polar surface area (TPSA) is 131 Å². The fourth-order valence-electron chi connectivity index (χ4n) is 3.10. The van der Waals surface area contributed by atoms with Crippen LogP contribution in [0.1, 0.15) is 21.5 Å². The van der Waals surface area contributed by atoms with Gasteiger partial charge in [-0.15, -0.1) is 10.2 Å². The van der Waals surface area contributed by atoms with Crippen molar-refractivity contribution in [3.05, 3.63) is 93.5 Å². The van der Waals surface area contributed by atoms with E-state index in [0.29, 0.717) is 22.9 Å². The molecule has 0 atom stereocenters. The van der Waals surface area contributed by atoms with Gasteiger partial charge in [0.1, 0.15) is 5.75 Å². The van der Waals surface area contributed by atoms with Crippen molar-refractivity contribution in [1.29, 1.82) is 0 Å². The molecule has 160 valence electrons. The zero-order valence-corrected chi connectivity index (χ0v) is 17.0. The lowest BCUT2D eigenvalue weighted by Crippen LogP contribution is -2.22. The van der Waals surface area contributed by atoms with E-state index in [9.17, 15) is 20.0 Å². The molecule has 0 radical (unpaired) electrons. The fraction of sp³-hybridized carbons (Fsp3) is 0.0870. The van der Waals surface area contributed by atoms with Gasteiger partial charge in [0.15, 0.2) is 0 Å². The molecule has 0 aliphatic heterocycles. The van der Waals surface area contributed by atoms with Crippen LogP contribution in [0.5, 0.6) is 5.75 Å². The van der Waals surface area contributed by atoms with Gasteiger partial charge in [0.25, 0.3) is 11.6 Å². The molecule has 0 saturated heterocycles. The quantitative estimate of drug-likeness (QED) is 0.345. The van der Waals surface area contributed by atoms with Crippen LogP contribution in [0.15, 0.2) is 71.1 Å². The second kappa shape index (κ2) is 8.68. The molecule has 0 aliphatic carbocycles. The predicted octanol–water partition coefficient (Wildman–Crippen LogP) is 4.26. The smallest absolute Gasteiger partial charge is 0.270 e. The van der Waals surface area contributed by atoms with E-state index in [0.717, 1.165) is 11.1 Å². The highest BCUT2D eigenvalue weighted by Gasteiger charge is 2.14. The first-order chi connectivity index (χ1) is 15.4. The lowest BCUT2D eigenvalue weighted by Gasteiger charge is -2.07. The molecule has 32 heavy (non-hydrogen) atoms. The Kier molecular flexibility index (Phi) is 5.63. The Balaban J connectivity index is 1.44. The van der Waals surface area contributed by atoms with Crippen LogP contribution >= 0.6 is 0 Å². The number of hydrogen-bond donors (Lipinski definition) is 2. The van der Waals surface area contributed by atoms with E-state index in [1.807, 2.05) is 31.2 Å². The summed E-state index contributed by atoms with van der Waals surface area (Å²) in [5, 5.41) is 31.6. The van der Waals surface area contributed by atoms with E-state index in [4.69, 9.17) is 4.42 Å². The van der Waals surface area contributed by atoms with Crippen LogP contribution in [-0.4, -0.2) is 26.1 Å². The number of amides is 1. The Hall–Kier alpha value is -4.53. The van der Waals surface area contributed by atoms with Gasteiger partial charge in [-0.2, -0.15) is 0 Å². The minimum Gasteiger partial charge on any atom is -0.508 e. The zero-order chi connectivity index (χ0) is 22.7. The van der Waals surface area contributed by atoms with Crippen LogP contribution in [0, 0.1) is 17.0 Å². The third-order valence-electron chi connectivity index (χ3n) is 4.80. The first-order valence-corrected chi connectivity index (χ1v) is 9.66. The number of benzene rings is 3. The summed E-state index contributed by atoms with van der Waals surface area (Å²) < 4.78 is 5.75. The number of rotatable bonds is 6. The van der Waals surface area contributed by atoms with Crippen LogP contribution in [0.2, 0.25) is 0 Å². The third kappa shape index (κ3) is 4.46. The van der Waals surface area contributed by atoms with E-state index in [1.165, 1.54) is 18.2 Å². The number of nitrogens with one attached hydrogen (secondary N) is 1. The van der Waals surface area contributed by atoms with Gasteiger partial charge in [-0.25, -0.2) is 0 Å². The van der Waals surface area contributed by atoms with Crippen LogP contribution in [0.25, 0.3) is 22.9 Å². The number of phenols is 1. The number of nitro benzene ring substituents is 1. The number of carbonyl (C=O) groups is 1. The minimum atomic E-state index is -0.564. The maximum Gasteiger partial charge on any atom is 0.270 e. The molecule has 3 aromatic carbocycles. The first kappa shape index (κ1) is 20.7. The van der Waals surface area contributed by atoms with Gasteiger partial charge in [-0.3, -0.25) is 14.9 Å². The normalized spacial score (nSPS) is 10.7. The lowest BCUT2D eigenvalue weighted by atomic mass is 10.1. The molecule has 0 unspecified atom stereocenters. The molecule has 9 nitrogen and oxygen atoms in total. The summed E-state index contributed by atoms with van der Waals surface area (Å²) in [6.45, 7) is 1.92. The number of hydrogen-bond acceptors (Lipinski definition) is 7.